The Morgan fingerprint density at radius 2 is 2.20 bits per heavy atom. The lowest BCUT2D eigenvalue weighted by Crippen LogP contribution is -2.03. The summed E-state index contributed by atoms with van der Waals surface area (Å²) in [5.41, 5.74) is 0.558. The molecule has 1 aromatic rings. The first-order valence-corrected chi connectivity index (χ1v) is 7.29. The van der Waals surface area contributed by atoms with Crippen molar-refractivity contribution in [3.05, 3.63) is 20.3 Å². The zero-order valence-corrected chi connectivity index (χ0v) is 11.7. The molecule has 1 nitrogen and oxygen atoms in total. The van der Waals surface area contributed by atoms with Crippen LogP contribution in [0.2, 0.25) is 8.67 Å². The van der Waals surface area contributed by atoms with E-state index in [1.165, 1.54) is 11.3 Å². The molecule has 0 N–H and O–H groups in total. The summed E-state index contributed by atoms with van der Waals surface area (Å²) in [6.07, 6.45) is 0. The average molecular weight is 283 g/mol. The van der Waals surface area contributed by atoms with Gasteiger partial charge < -0.3 is 0 Å². The smallest absolute Gasteiger partial charge is 0.175 e. The van der Waals surface area contributed by atoms with Gasteiger partial charge in [0.1, 0.15) is 4.34 Å². The number of thioether (sulfide) groups is 1. The van der Waals surface area contributed by atoms with Crippen molar-refractivity contribution in [3.8, 4) is 0 Å². The second-order valence-electron chi connectivity index (χ2n) is 3.57. The molecule has 0 spiro atoms. The van der Waals surface area contributed by atoms with Crippen LogP contribution in [0.4, 0.5) is 0 Å². The van der Waals surface area contributed by atoms with Crippen molar-refractivity contribution in [2.75, 3.05) is 11.5 Å². The molecule has 0 aliphatic carbocycles. The van der Waals surface area contributed by atoms with Crippen molar-refractivity contribution in [2.45, 2.75) is 13.8 Å². The van der Waals surface area contributed by atoms with Crippen molar-refractivity contribution in [1.82, 2.24) is 0 Å². The van der Waals surface area contributed by atoms with E-state index in [-0.39, 0.29) is 5.78 Å². The molecular weight excluding hydrogens is 271 g/mol. The topological polar surface area (TPSA) is 17.1 Å². The Hall–Kier alpha value is 0.300. The summed E-state index contributed by atoms with van der Waals surface area (Å²) in [6, 6.07) is 1.65. The molecule has 0 aliphatic rings. The van der Waals surface area contributed by atoms with Gasteiger partial charge in [0.25, 0.3) is 0 Å². The molecule has 5 heteroatoms. The van der Waals surface area contributed by atoms with Gasteiger partial charge in [-0.05, 0) is 17.7 Å². The molecule has 0 amide bonds. The highest BCUT2D eigenvalue weighted by Gasteiger charge is 2.14. The van der Waals surface area contributed by atoms with Gasteiger partial charge in [-0.25, -0.2) is 0 Å². The zero-order valence-electron chi connectivity index (χ0n) is 8.55. The molecule has 0 aromatic carbocycles. The standard InChI is InChI=1S/C10H12Cl2OS2/c1-6(2)4-14-5-8(13)7-3-9(11)15-10(7)12/h3,6H,4-5H2,1-2H3. The normalized spacial score (nSPS) is 11.0. The van der Waals surface area contributed by atoms with Gasteiger partial charge in [0.2, 0.25) is 0 Å². The fourth-order valence-electron chi connectivity index (χ4n) is 0.995. The second kappa shape index (κ2) is 6.14. The van der Waals surface area contributed by atoms with Gasteiger partial charge >= 0.3 is 0 Å². The van der Waals surface area contributed by atoms with E-state index in [1.54, 1.807) is 17.8 Å². The summed E-state index contributed by atoms with van der Waals surface area (Å²) < 4.78 is 1.06. The van der Waals surface area contributed by atoms with Crippen molar-refractivity contribution in [1.29, 1.82) is 0 Å². The van der Waals surface area contributed by atoms with Crippen molar-refractivity contribution >= 4 is 52.1 Å². The van der Waals surface area contributed by atoms with Gasteiger partial charge in [-0.2, -0.15) is 11.8 Å². The van der Waals surface area contributed by atoms with E-state index in [2.05, 4.69) is 13.8 Å². The number of ketones is 1. The van der Waals surface area contributed by atoms with Gasteiger partial charge in [-0.1, -0.05) is 37.0 Å². The molecule has 0 saturated carbocycles. The second-order valence-corrected chi connectivity index (χ2v) is 6.89. The summed E-state index contributed by atoms with van der Waals surface area (Å²) in [7, 11) is 0. The van der Waals surface area contributed by atoms with E-state index >= 15 is 0 Å². The number of carbonyl (C=O) groups excluding carboxylic acids is 1. The maximum Gasteiger partial charge on any atom is 0.175 e. The number of Topliss-reactive ketones (excluding diaryl/α,β-unsaturated/α-hetero) is 1. The van der Waals surface area contributed by atoms with Crippen LogP contribution in [-0.2, 0) is 0 Å². The van der Waals surface area contributed by atoms with Gasteiger partial charge in [0, 0.05) is 5.56 Å². The average Bonchev–Trinajstić information content (AvgIpc) is 2.44. The minimum absolute atomic E-state index is 0.0637. The van der Waals surface area contributed by atoms with Crippen LogP contribution in [0.3, 0.4) is 0 Å². The van der Waals surface area contributed by atoms with E-state index < -0.39 is 0 Å². The highest BCUT2D eigenvalue weighted by atomic mass is 35.5. The molecule has 0 atom stereocenters. The Balaban J connectivity index is 2.50. The molecule has 1 rings (SSSR count). The number of carbonyl (C=O) groups is 1. The molecule has 0 bridgehead atoms. The third-order valence-electron chi connectivity index (χ3n) is 1.64. The van der Waals surface area contributed by atoms with E-state index in [0.29, 0.717) is 25.9 Å². The lowest BCUT2D eigenvalue weighted by molar-refractivity contribution is 0.102. The molecule has 1 heterocycles. The van der Waals surface area contributed by atoms with Gasteiger partial charge in [-0.3, -0.25) is 4.79 Å². The zero-order chi connectivity index (χ0) is 11.4. The monoisotopic (exact) mass is 282 g/mol. The van der Waals surface area contributed by atoms with Crippen LogP contribution in [0.1, 0.15) is 24.2 Å². The third-order valence-corrected chi connectivity index (χ3v) is 4.50. The summed E-state index contributed by atoms with van der Waals surface area (Å²) in [4.78, 5) is 11.7. The first-order chi connectivity index (χ1) is 7.00. The van der Waals surface area contributed by atoms with Gasteiger partial charge in [-0.15, -0.1) is 11.3 Å². The van der Waals surface area contributed by atoms with Crippen LogP contribution in [0.25, 0.3) is 0 Å². The first-order valence-electron chi connectivity index (χ1n) is 4.56. The van der Waals surface area contributed by atoms with Gasteiger partial charge in [0.05, 0.1) is 10.1 Å². The highest BCUT2D eigenvalue weighted by Crippen LogP contribution is 2.31. The number of thiophene rings is 1. The van der Waals surface area contributed by atoms with Crippen molar-refractivity contribution in [3.63, 3.8) is 0 Å². The van der Waals surface area contributed by atoms with Crippen LogP contribution >= 0.6 is 46.3 Å². The quantitative estimate of drug-likeness (QED) is 0.733. The SMILES string of the molecule is CC(C)CSCC(=O)c1cc(Cl)sc1Cl. The number of hydrogen-bond donors (Lipinski definition) is 0. The molecular formula is C10H12Cl2OS2. The largest absolute Gasteiger partial charge is 0.293 e. The molecule has 84 valence electrons. The number of halogens is 2. The van der Waals surface area contributed by atoms with Crippen molar-refractivity contribution < 1.29 is 4.79 Å². The summed E-state index contributed by atoms with van der Waals surface area (Å²) in [5, 5.41) is 0. The van der Waals surface area contributed by atoms with Crippen LogP contribution in [-0.4, -0.2) is 17.3 Å². The Labute approximate surface area is 108 Å². The predicted molar refractivity (Wildman–Crippen MR) is 70.8 cm³/mol. The summed E-state index contributed by atoms with van der Waals surface area (Å²) >= 11 is 14.5. The third kappa shape index (κ3) is 4.35. The lowest BCUT2D eigenvalue weighted by Gasteiger charge is -2.02. The fourth-order valence-corrected chi connectivity index (χ4v) is 3.42. The van der Waals surface area contributed by atoms with Crippen LogP contribution in [0.5, 0.6) is 0 Å². The molecule has 0 aliphatic heterocycles. The Morgan fingerprint density at radius 3 is 2.67 bits per heavy atom. The van der Waals surface area contributed by atoms with Crippen molar-refractivity contribution in [2.24, 2.45) is 5.92 Å². The molecule has 0 fully saturated rings. The van der Waals surface area contributed by atoms with E-state index in [0.717, 1.165) is 5.75 Å². The summed E-state index contributed by atoms with van der Waals surface area (Å²) in [6.45, 7) is 4.26. The maximum atomic E-state index is 11.7. The Bertz CT molecular complexity index is 347. The Kier molecular flexibility index (Phi) is 5.47. The number of rotatable bonds is 5. The Morgan fingerprint density at radius 1 is 1.53 bits per heavy atom. The highest BCUT2D eigenvalue weighted by molar-refractivity contribution is 7.99. The summed E-state index contributed by atoms with van der Waals surface area (Å²) in [5.74, 6) is 2.13. The van der Waals surface area contributed by atoms with Crippen LogP contribution < -0.4 is 0 Å². The van der Waals surface area contributed by atoms with Crippen LogP contribution in [0.15, 0.2) is 6.07 Å². The minimum Gasteiger partial charge on any atom is -0.293 e. The molecule has 0 radical (unpaired) electrons. The van der Waals surface area contributed by atoms with E-state index in [1.807, 2.05) is 0 Å². The van der Waals surface area contributed by atoms with Gasteiger partial charge in [0.15, 0.2) is 5.78 Å². The lowest BCUT2D eigenvalue weighted by atomic mass is 10.2. The van der Waals surface area contributed by atoms with E-state index in [4.69, 9.17) is 23.2 Å². The molecule has 0 saturated heterocycles. The molecule has 1 aromatic heterocycles. The van der Waals surface area contributed by atoms with Crippen LogP contribution in [0, 0.1) is 5.92 Å². The predicted octanol–water partition coefficient (Wildman–Crippen LogP) is 4.63. The van der Waals surface area contributed by atoms with E-state index in [9.17, 15) is 4.79 Å². The molecule has 0 unspecified atom stereocenters. The molecule has 15 heavy (non-hydrogen) atoms. The maximum absolute atomic E-state index is 11.7. The minimum atomic E-state index is 0.0637. The fraction of sp³-hybridized carbons (Fsp3) is 0.500. The first kappa shape index (κ1) is 13.4. The number of hydrogen-bond acceptors (Lipinski definition) is 3.